The van der Waals surface area contributed by atoms with E-state index >= 15 is 0 Å². The minimum absolute atomic E-state index is 0.0382. The highest BCUT2D eigenvalue weighted by atomic mass is 32.2. The van der Waals surface area contributed by atoms with Gasteiger partial charge in [-0.15, -0.1) is 0 Å². The maximum atomic E-state index is 12.7. The highest BCUT2D eigenvalue weighted by Gasteiger charge is 2.25. The number of likely N-dealkylation sites (tertiary alicyclic amines) is 1. The molecule has 0 aliphatic carbocycles. The summed E-state index contributed by atoms with van der Waals surface area (Å²) in [5, 5.41) is 2.95. The van der Waals surface area contributed by atoms with Crippen LogP contribution in [0, 0.1) is 0 Å². The minimum atomic E-state index is -3.65. The van der Waals surface area contributed by atoms with Gasteiger partial charge in [-0.25, -0.2) is 13.1 Å². The van der Waals surface area contributed by atoms with E-state index in [9.17, 15) is 13.2 Å². The Hall–Kier alpha value is -2.16. The summed E-state index contributed by atoms with van der Waals surface area (Å²) in [6, 6.07) is 9.61. The van der Waals surface area contributed by atoms with Gasteiger partial charge in [0, 0.05) is 18.2 Å². The Labute approximate surface area is 172 Å². The zero-order valence-corrected chi connectivity index (χ0v) is 17.7. The van der Waals surface area contributed by atoms with Gasteiger partial charge in [-0.05, 0) is 70.1 Å². The normalized spacial score (nSPS) is 16.7. The quantitative estimate of drug-likeness (QED) is 0.686. The van der Waals surface area contributed by atoms with E-state index in [0.29, 0.717) is 12.1 Å². The third-order valence-electron chi connectivity index (χ3n) is 4.96. The fraction of sp³-hybridized carbons (Fsp3) is 0.476. The summed E-state index contributed by atoms with van der Waals surface area (Å²) in [6.07, 6.45) is 5.13. The molecule has 1 unspecified atom stereocenters. The smallest absolute Gasteiger partial charge is 0.251 e. The summed E-state index contributed by atoms with van der Waals surface area (Å²) in [5.74, 6) is 0.518. The van der Waals surface area contributed by atoms with Crippen molar-refractivity contribution < 1.29 is 17.6 Å². The van der Waals surface area contributed by atoms with E-state index in [1.165, 1.54) is 18.6 Å². The first-order chi connectivity index (χ1) is 13.9. The second-order valence-corrected chi connectivity index (χ2v) is 9.36. The van der Waals surface area contributed by atoms with E-state index in [1.54, 1.807) is 32.2 Å². The van der Waals surface area contributed by atoms with E-state index in [2.05, 4.69) is 14.9 Å². The molecule has 1 atom stereocenters. The average Bonchev–Trinajstić information content (AvgIpc) is 3.22. The SMILES string of the molecule is CC(C)NS(=O)(=O)c1cccc(C(=O)NCC(c2ccco2)N2CCCCC2)c1. The van der Waals surface area contributed by atoms with Crippen molar-refractivity contribution in [3.63, 3.8) is 0 Å². The number of benzene rings is 1. The Morgan fingerprint density at radius 3 is 2.55 bits per heavy atom. The molecule has 3 rings (SSSR count). The molecule has 1 aromatic heterocycles. The summed E-state index contributed by atoms with van der Waals surface area (Å²) >= 11 is 0. The van der Waals surface area contributed by atoms with Crippen LogP contribution >= 0.6 is 0 Å². The molecule has 0 bridgehead atoms. The van der Waals surface area contributed by atoms with Crippen molar-refractivity contribution in [3.05, 3.63) is 54.0 Å². The number of carbonyl (C=O) groups is 1. The lowest BCUT2D eigenvalue weighted by atomic mass is 10.1. The molecule has 2 heterocycles. The molecular weight excluding hydrogens is 390 g/mol. The Kier molecular flexibility index (Phi) is 7.10. The van der Waals surface area contributed by atoms with Crippen LogP contribution in [0.15, 0.2) is 52.0 Å². The Balaban J connectivity index is 1.71. The molecule has 1 aliphatic heterocycles. The molecule has 1 aromatic carbocycles. The van der Waals surface area contributed by atoms with Gasteiger partial charge >= 0.3 is 0 Å². The van der Waals surface area contributed by atoms with Crippen LogP contribution in [0.5, 0.6) is 0 Å². The maximum absolute atomic E-state index is 12.7. The molecule has 2 aromatic rings. The predicted octanol–water partition coefficient (Wildman–Crippen LogP) is 2.92. The van der Waals surface area contributed by atoms with Gasteiger partial charge in [-0.2, -0.15) is 0 Å². The molecule has 1 aliphatic rings. The van der Waals surface area contributed by atoms with Crippen molar-refractivity contribution in [1.29, 1.82) is 0 Å². The summed E-state index contributed by atoms with van der Waals surface area (Å²) < 4.78 is 32.9. The largest absolute Gasteiger partial charge is 0.468 e. The van der Waals surface area contributed by atoms with Crippen molar-refractivity contribution in [1.82, 2.24) is 14.9 Å². The Morgan fingerprint density at radius 2 is 1.90 bits per heavy atom. The first-order valence-electron chi connectivity index (χ1n) is 10.0. The van der Waals surface area contributed by atoms with Gasteiger partial charge in [0.2, 0.25) is 10.0 Å². The highest BCUT2D eigenvalue weighted by Crippen LogP contribution is 2.24. The van der Waals surface area contributed by atoms with E-state index < -0.39 is 10.0 Å². The monoisotopic (exact) mass is 419 g/mol. The number of nitrogens with one attached hydrogen (secondary N) is 2. The first-order valence-corrected chi connectivity index (χ1v) is 11.5. The molecular formula is C21H29N3O4S. The zero-order chi connectivity index (χ0) is 20.9. The van der Waals surface area contributed by atoms with Gasteiger partial charge in [-0.3, -0.25) is 9.69 Å². The molecule has 158 valence electrons. The van der Waals surface area contributed by atoms with Gasteiger partial charge in [-0.1, -0.05) is 12.5 Å². The van der Waals surface area contributed by atoms with Crippen LogP contribution in [-0.2, 0) is 10.0 Å². The topological polar surface area (TPSA) is 91.6 Å². The lowest BCUT2D eigenvalue weighted by Gasteiger charge is -2.33. The zero-order valence-electron chi connectivity index (χ0n) is 16.9. The molecule has 7 nitrogen and oxygen atoms in total. The highest BCUT2D eigenvalue weighted by molar-refractivity contribution is 7.89. The van der Waals surface area contributed by atoms with Crippen molar-refractivity contribution in [2.75, 3.05) is 19.6 Å². The average molecular weight is 420 g/mol. The standard InChI is InChI=1S/C21H29N3O4S/c1-16(2)23-29(26,27)18-9-6-8-17(14-18)21(25)22-15-19(20-10-7-13-28-20)24-11-4-3-5-12-24/h6-10,13-14,16,19,23H,3-5,11-12,15H2,1-2H3,(H,22,25). The number of amides is 1. The van der Waals surface area contributed by atoms with Gasteiger partial charge < -0.3 is 9.73 Å². The number of carbonyl (C=O) groups excluding carboxylic acids is 1. The molecule has 0 radical (unpaired) electrons. The number of nitrogens with zero attached hydrogens (tertiary/aromatic N) is 1. The maximum Gasteiger partial charge on any atom is 0.251 e. The number of sulfonamides is 1. The number of hydrogen-bond donors (Lipinski definition) is 2. The number of furan rings is 1. The van der Waals surface area contributed by atoms with Gasteiger partial charge in [0.05, 0.1) is 17.2 Å². The Morgan fingerprint density at radius 1 is 1.14 bits per heavy atom. The van der Waals surface area contributed by atoms with E-state index in [1.807, 2.05) is 12.1 Å². The Bertz CT molecular complexity index is 904. The van der Waals surface area contributed by atoms with Crippen LogP contribution in [0.4, 0.5) is 0 Å². The molecule has 29 heavy (non-hydrogen) atoms. The van der Waals surface area contributed by atoms with Gasteiger partial charge in [0.1, 0.15) is 5.76 Å². The summed E-state index contributed by atoms with van der Waals surface area (Å²) in [5.41, 5.74) is 0.313. The van der Waals surface area contributed by atoms with Crippen LogP contribution < -0.4 is 10.0 Å². The molecule has 1 amide bonds. The first kappa shape index (κ1) is 21.5. The van der Waals surface area contributed by atoms with Crippen LogP contribution in [0.3, 0.4) is 0 Å². The second-order valence-electron chi connectivity index (χ2n) is 7.64. The predicted molar refractivity (Wildman–Crippen MR) is 111 cm³/mol. The van der Waals surface area contributed by atoms with Gasteiger partial charge in [0.25, 0.3) is 5.91 Å². The fourth-order valence-corrected chi connectivity index (χ4v) is 4.89. The van der Waals surface area contributed by atoms with E-state index in [-0.39, 0.29) is 22.9 Å². The number of piperidine rings is 1. The van der Waals surface area contributed by atoms with Crippen LogP contribution in [-0.4, -0.2) is 44.9 Å². The molecule has 1 saturated heterocycles. The van der Waals surface area contributed by atoms with E-state index in [0.717, 1.165) is 31.7 Å². The molecule has 0 spiro atoms. The second kappa shape index (κ2) is 9.56. The summed E-state index contributed by atoms with van der Waals surface area (Å²) in [6.45, 7) is 5.84. The van der Waals surface area contributed by atoms with Gasteiger partial charge in [0.15, 0.2) is 0 Å². The van der Waals surface area contributed by atoms with Crippen LogP contribution in [0.2, 0.25) is 0 Å². The number of hydrogen-bond acceptors (Lipinski definition) is 5. The van der Waals surface area contributed by atoms with Crippen molar-refractivity contribution in [3.8, 4) is 0 Å². The molecule has 1 fully saturated rings. The molecule has 8 heteroatoms. The van der Waals surface area contributed by atoms with Crippen molar-refractivity contribution >= 4 is 15.9 Å². The third-order valence-corrected chi connectivity index (χ3v) is 6.61. The lowest BCUT2D eigenvalue weighted by molar-refractivity contribution is 0.0914. The summed E-state index contributed by atoms with van der Waals surface area (Å²) in [7, 11) is -3.65. The summed E-state index contributed by atoms with van der Waals surface area (Å²) in [4.78, 5) is 15.1. The molecule has 0 saturated carbocycles. The minimum Gasteiger partial charge on any atom is -0.468 e. The lowest BCUT2D eigenvalue weighted by Crippen LogP contribution is -2.40. The number of rotatable bonds is 8. The fourth-order valence-electron chi connectivity index (χ4n) is 3.59. The molecule has 2 N–H and O–H groups in total. The van der Waals surface area contributed by atoms with Crippen molar-refractivity contribution in [2.45, 2.75) is 50.1 Å². The van der Waals surface area contributed by atoms with Crippen LogP contribution in [0.1, 0.15) is 55.3 Å². The van der Waals surface area contributed by atoms with Crippen LogP contribution in [0.25, 0.3) is 0 Å². The van der Waals surface area contributed by atoms with E-state index in [4.69, 9.17) is 4.42 Å². The third kappa shape index (κ3) is 5.68. The van der Waals surface area contributed by atoms with Crippen molar-refractivity contribution in [2.24, 2.45) is 0 Å².